The number of anilines is 1. The van der Waals surface area contributed by atoms with Gasteiger partial charge in [0.2, 0.25) is 5.95 Å². The van der Waals surface area contributed by atoms with Gasteiger partial charge in [-0.05, 0) is 22.8 Å². The molecule has 0 atom stereocenters. The third-order valence-electron chi connectivity index (χ3n) is 4.66. The number of nitrogens with one attached hydrogen (secondary N) is 1. The number of aromatic nitrogens is 2. The zero-order chi connectivity index (χ0) is 13.6. The molecule has 5 nitrogen and oxygen atoms in total. The monoisotopic (exact) mass is 249 g/mol. The molecule has 18 heavy (non-hydrogen) atoms. The summed E-state index contributed by atoms with van der Waals surface area (Å²) in [6, 6.07) is 1.39. The van der Waals surface area contributed by atoms with Crippen LogP contribution in [0.3, 0.4) is 0 Å². The van der Waals surface area contributed by atoms with Crippen LogP contribution in [0.1, 0.15) is 38.2 Å². The predicted octanol–water partition coefficient (Wildman–Crippen LogP) is 2.27. The Balaban J connectivity index is 2.00. The van der Waals surface area contributed by atoms with Crippen LogP contribution in [-0.4, -0.2) is 27.6 Å². The van der Waals surface area contributed by atoms with Crippen LogP contribution < -0.4 is 5.32 Å². The van der Waals surface area contributed by atoms with Gasteiger partial charge in [-0.25, -0.2) is 14.8 Å². The van der Waals surface area contributed by atoms with E-state index in [1.54, 1.807) is 0 Å². The molecule has 5 heteroatoms. The number of carboxylic acid groups (broad SMARTS) is 1. The Hall–Kier alpha value is -1.65. The lowest BCUT2D eigenvalue weighted by molar-refractivity contribution is 0.0690. The highest BCUT2D eigenvalue weighted by Crippen LogP contribution is 2.68. The van der Waals surface area contributed by atoms with Crippen molar-refractivity contribution in [3.8, 4) is 0 Å². The van der Waals surface area contributed by atoms with Gasteiger partial charge in [0.15, 0.2) is 5.69 Å². The molecule has 1 aliphatic carbocycles. The van der Waals surface area contributed by atoms with Crippen LogP contribution in [0.5, 0.6) is 0 Å². The second kappa shape index (κ2) is 3.93. The van der Waals surface area contributed by atoms with Gasteiger partial charge in [0.05, 0.1) is 0 Å². The van der Waals surface area contributed by atoms with Gasteiger partial charge in [0.1, 0.15) is 0 Å². The highest BCUT2D eigenvalue weighted by molar-refractivity contribution is 5.85. The largest absolute Gasteiger partial charge is 0.477 e. The molecule has 1 aliphatic rings. The molecular formula is C13H19N3O2. The first kappa shape index (κ1) is 12.8. The second-order valence-electron chi connectivity index (χ2n) is 5.95. The van der Waals surface area contributed by atoms with Crippen molar-refractivity contribution in [2.45, 2.75) is 27.7 Å². The van der Waals surface area contributed by atoms with Crippen molar-refractivity contribution in [2.75, 3.05) is 11.9 Å². The van der Waals surface area contributed by atoms with Crippen LogP contribution in [-0.2, 0) is 0 Å². The number of carboxylic acids is 1. The van der Waals surface area contributed by atoms with E-state index in [0.717, 1.165) is 6.54 Å². The van der Waals surface area contributed by atoms with E-state index in [0.29, 0.717) is 22.7 Å². The second-order valence-corrected chi connectivity index (χ2v) is 5.95. The minimum atomic E-state index is -1.03. The standard InChI is InChI=1S/C13H19N3O2/c1-12(2)9(13(12,3)4)7-15-11-14-6-5-8(16-11)10(17)18/h5-6,9H,7H2,1-4H3,(H,17,18)(H,14,15,16). The van der Waals surface area contributed by atoms with E-state index in [9.17, 15) is 4.79 Å². The van der Waals surface area contributed by atoms with Gasteiger partial charge < -0.3 is 10.4 Å². The summed E-state index contributed by atoms with van der Waals surface area (Å²) in [4.78, 5) is 18.8. The summed E-state index contributed by atoms with van der Waals surface area (Å²) in [5.74, 6) is -0.108. The van der Waals surface area contributed by atoms with Gasteiger partial charge >= 0.3 is 5.97 Å². The number of hydrogen-bond donors (Lipinski definition) is 2. The summed E-state index contributed by atoms with van der Waals surface area (Å²) in [7, 11) is 0. The first-order valence-electron chi connectivity index (χ1n) is 6.07. The first-order valence-corrected chi connectivity index (χ1v) is 6.07. The fourth-order valence-electron chi connectivity index (χ4n) is 2.60. The van der Waals surface area contributed by atoms with Crippen LogP contribution >= 0.6 is 0 Å². The lowest BCUT2D eigenvalue weighted by Crippen LogP contribution is -2.12. The highest BCUT2D eigenvalue weighted by Gasteiger charge is 2.64. The van der Waals surface area contributed by atoms with Gasteiger partial charge in [-0.15, -0.1) is 0 Å². The summed E-state index contributed by atoms with van der Waals surface area (Å²) in [6.07, 6.45) is 1.46. The van der Waals surface area contributed by atoms with E-state index in [4.69, 9.17) is 5.11 Å². The lowest BCUT2D eigenvalue weighted by Gasteiger charge is -2.06. The molecule has 0 saturated heterocycles. The molecule has 0 amide bonds. The SMILES string of the molecule is CC1(C)C(CNc2nccc(C(=O)O)n2)C1(C)C. The fraction of sp³-hybridized carbons (Fsp3) is 0.615. The summed E-state index contributed by atoms with van der Waals surface area (Å²) >= 11 is 0. The highest BCUT2D eigenvalue weighted by atomic mass is 16.4. The van der Waals surface area contributed by atoms with Gasteiger partial charge in [-0.3, -0.25) is 0 Å². The van der Waals surface area contributed by atoms with Crippen molar-refractivity contribution >= 4 is 11.9 Å². The maximum Gasteiger partial charge on any atom is 0.354 e. The zero-order valence-electron chi connectivity index (χ0n) is 11.2. The molecule has 1 aromatic rings. The molecule has 0 bridgehead atoms. The van der Waals surface area contributed by atoms with Crippen molar-refractivity contribution in [3.63, 3.8) is 0 Å². The number of aromatic carboxylic acids is 1. The van der Waals surface area contributed by atoms with Crippen LogP contribution in [0.15, 0.2) is 12.3 Å². The molecule has 0 unspecified atom stereocenters. The van der Waals surface area contributed by atoms with E-state index in [1.165, 1.54) is 12.3 Å². The zero-order valence-corrected chi connectivity index (χ0v) is 11.2. The summed E-state index contributed by atoms with van der Waals surface area (Å²) < 4.78 is 0. The number of nitrogens with zero attached hydrogens (tertiary/aromatic N) is 2. The van der Waals surface area contributed by atoms with E-state index in [-0.39, 0.29) is 5.69 Å². The lowest BCUT2D eigenvalue weighted by atomic mass is 10.0. The molecule has 1 fully saturated rings. The third kappa shape index (κ3) is 1.94. The van der Waals surface area contributed by atoms with Crippen molar-refractivity contribution in [2.24, 2.45) is 16.7 Å². The summed E-state index contributed by atoms with van der Waals surface area (Å²) in [5, 5.41) is 12.0. The average molecular weight is 249 g/mol. The average Bonchev–Trinajstić information content (AvgIpc) is 2.67. The molecule has 2 N–H and O–H groups in total. The van der Waals surface area contributed by atoms with Gasteiger partial charge in [0, 0.05) is 12.7 Å². The van der Waals surface area contributed by atoms with E-state index < -0.39 is 5.97 Å². The molecule has 0 aromatic carbocycles. The molecule has 0 spiro atoms. The quantitative estimate of drug-likeness (QED) is 0.856. The van der Waals surface area contributed by atoms with Gasteiger partial charge in [0.25, 0.3) is 0 Å². The maximum absolute atomic E-state index is 10.8. The Morgan fingerprint density at radius 2 is 2.00 bits per heavy atom. The Labute approximate surface area is 107 Å². The van der Waals surface area contributed by atoms with Crippen LogP contribution in [0.4, 0.5) is 5.95 Å². The Morgan fingerprint density at radius 3 is 2.50 bits per heavy atom. The maximum atomic E-state index is 10.8. The normalized spacial score (nSPS) is 20.4. The van der Waals surface area contributed by atoms with Crippen molar-refractivity contribution in [3.05, 3.63) is 18.0 Å². The minimum absolute atomic E-state index is 0.0156. The molecule has 0 aliphatic heterocycles. The van der Waals surface area contributed by atoms with E-state index in [1.807, 2.05) is 0 Å². The van der Waals surface area contributed by atoms with Crippen molar-refractivity contribution < 1.29 is 9.90 Å². The number of rotatable bonds is 4. The topological polar surface area (TPSA) is 75.1 Å². The predicted molar refractivity (Wildman–Crippen MR) is 68.5 cm³/mol. The fourth-order valence-corrected chi connectivity index (χ4v) is 2.60. The molecule has 0 radical (unpaired) electrons. The number of hydrogen-bond acceptors (Lipinski definition) is 4. The first-order chi connectivity index (χ1) is 8.26. The van der Waals surface area contributed by atoms with Crippen LogP contribution in [0, 0.1) is 16.7 Å². The smallest absolute Gasteiger partial charge is 0.354 e. The molecule has 1 saturated carbocycles. The van der Waals surface area contributed by atoms with Gasteiger partial charge in [-0.1, -0.05) is 27.7 Å². The van der Waals surface area contributed by atoms with Crippen LogP contribution in [0.2, 0.25) is 0 Å². The Kier molecular flexibility index (Phi) is 2.80. The summed E-state index contributed by atoms with van der Waals surface area (Å²) in [5.41, 5.74) is 0.608. The van der Waals surface area contributed by atoms with Crippen molar-refractivity contribution in [1.82, 2.24) is 9.97 Å². The Bertz CT molecular complexity index is 469. The van der Waals surface area contributed by atoms with Crippen molar-refractivity contribution in [1.29, 1.82) is 0 Å². The molecule has 2 rings (SSSR count). The minimum Gasteiger partial charge on any atom is -0.477 e. The summed E-state index contributed by atoms with van der Waals surface area (Å²) in [6.45, 7) is 9.74. The van der Waals surface area contributed by atoms with Gasteiger partial charge in [-0.2, -0.15) is 0 Å². The molecule has 1 aromatic heterocycles. The third-order valence-corrected chi connectivity index (χ3v) is 4.66. The van der Waals surface area contributed by atoms with Crippen LogP contribution in [0.25, 0.3) is 0 Å². The molecule has 98 valence electrons. The van der Waals surface area contributed by atoms with E-state index >= 15 is 0 Å². The number of carbonyl (C=O) groups is 1. The molecular weight excluding hydrogens is 230 g/mol. The molecule has 1 heterocycles. The Morgan fingerprint density at radius 1 is 1.39 bits per heavy atom. The van der Waals surface area contributed by atoms with E-state index in [2.05, 4.69) is 43.0 Å².